The summed E-state index contributed by atoms with van der Waals surface area (Å²) in [6.45, 7) is 4.44. The van der Waals surface area contributed by atoms with Crippen LogP contribution in [-0.2, 0) is 6.42 Å². The lowest BCUT2D eigenvalue weighted by Crippen LogP contribution is -2.10. The van der Waals surface area contributed by atoms with E-state index in [1.54, 1.807) is 12.1 Å². The Morgan fingerprint density at radius 1 is 1.31 bits per heavy atom. The molecule has 0 fully saturated rings. The molecule has 0 aromatic heterocycles. The zero-order valence-corrected chi connectivity index (χ0v) is 12.8. The number of alkyl halides is 1. The number of benzene rings is 1. The molecule has 1 atom stereocenters. The molecule has 0 aliphatic rings. The molecule has 0 aliphatic carbocycles. The quantitative estimate of drug-likeness (QED) is 0.640. The Labute approximate surface area is 114 Å². The molecule has 1 rings (SSSR count). The van der Waals surface area contributed by atoms with Gasteiger partial charge in [-0.2, -0.15) is 0 Å². The molecule has 90 valence electrons. The Bertz CT molecular complexity index is 337. The van der Waals surface area contributed by atoms with Crippen molar-refractivity contribution in [3.63, 3.8) is 0 Å². The van der Waals surface area contributed by atoms with E-state index in [1.165, 1.54) is 6.07 Å². The molecule has 16 heavy (non-hydrogen) atoms. The molecule has 1 aromatic rings. The van der Waals surface area contributed by atoms with Crippen LogP contribution in [0.2, 0.25) is 0 Å². The van der Waals surface area contributed by atoms with Crippen LogP contribution in [0.1, 0.15) is 25.8 Å². The fourth-order valence-electron chi connectivity index (χ4n) is 1.88. The molecule has 0 bridgehead atoms. The molecule has 0 radical (unpaired) electrons. The van der Waals surface area contributed by atoms with Crippen molar-refractivity contribution in [2.75, 3.05) is 5.33 Å². The molecule has 0 saturated heterocycles. The summed E-state index contributed by atoms with van der Waals surface area (Å²) < 4.78 is 14.1. The standard InChI is InChI=1S/C13H17Br2F/c1-9(2)5-10(8-14)6-11-7-12(16)3-4-13(11)15/h3-4,7,9-10H,5-6,8H2,1-2H3. The molecule has 0 nitrogen and oxygen atoms in total. The molecular formula is C13H17Br2F. The maximum Gasteiger partial charge on any atom is 0.123 e. The first-order valence-electron chi connectivity index (χ1n) is 5.52. The highest BCUT2D eigenvalue weighted by Gasteiger charge is 2.12. The molecule has 0 heterocycles. The summed E-state index contributed by atoms with van der Waals surface area (Å²) in [7, 11) is 0. The Hall–Kier alpha value is 0.110. The van der Waals surface area contributed by atoms with Crippen molar-refractivity contribution in [1.29, 1.82) is 0 Å². The monoisotopic (exact) mass is 350 g/mol. The van der Waals surface area contributed by atoms with Crippen LogP contribution in [0.3, 0.4) is 0 Å². The number of halogens is 3. The highest BCUT2D eigenvalue weighted by Crippen LogP contribution is 2.25. The average molecular weight is 352 g/mol. The fraction of sp³-hybridized carbons (Fsp3) is 0.538. The van der Waals surface area contributed by atoms with Crippen molar-refractivity contribution in [3.05, 3.63) is 34.1 Å². The van der Waals surface area contributed by atoms with Crippen LogP contribution in [0.15, 0.2) is 22.7 Å². The van der Waals surface area contributed by atoms with Crippen LogP contribution >= 0.6 is 31.9 Å². The van der Waals surface area contributed by atoms with Crippen molar-refractivity contribution in [1.82, 2.24) is 0 Å². The van der Waals surface area contributed by atoms with Gasteiger partial charge in [0.25, 0.3) is 0 Å². The van der Waals surface area contributed by atoms with Crippen LogP contribution < -0.4 is 0 Å². The van der Waals surface area contributed by atoms with Crippen LogP contribution in [-0.4, -0.2) is 5.33 Å². The second-order valence-corrected chi connectivity index (χ2v) is 6.09. The van der Waals surface area contributed by atoms with Gasteiger partial charge >= 0.3 is 0 Å². The topological polar surface area (TPSA) is 0 Å². The summed E-state index contributed by atoms with van der Waals surface area (Å²) in [5, 5.41) is 0.966. The van der Waals surface area contributed by atoms with Gasteiger partial charge in [0.1, 0.15) is 5.82 Å². The number of rotatable bonds is 5. The summed E-state index contributed by atoms with van der Waals surface area (Å²) in [4.78, 5) is 0. The third-order valence-corrected chi connectivity index (χ3v) is 4.23. The Morgan fingerprint density at radius 2 is 2.00 bits per heavy atom. The minimum atomic E-state index is -0.156. The van der Waals surface area contributed by atoms with E-state index in [2.05, 4.69) is 45.7 Å². The van der Waals surface area contributed by atoms with Gasteiger partial charge in [-0.15, -0.1) is 0 Å². The number of hydrogen-bond acceptors (Lipinski definition) is 0. The lowest BCUT2D eigenvalue weighted by atomic mass is 9.92. The van der Waals surface area contributed by atoms with Gasteiger partial charge in [0.05, 0.1) is 0 Å². The lowest BCUT2D eigenvalue weighted by molar-refractivity contribution is 0.444. The highest BCUT2D eigenvalue weighted by molar-refractivity contribution is 9.10. The van der Waals surface area contributed by atoms with Crippen LogP contribution in [0.4, 0.5) is 4.39 Å². The fourth-order valence-corrected chi connectivity index (χ4v) is 2.78. The van der Waals surface area contributed by atoms with Crippen molar-refractivity contribution >= 4 is 31.9 Å². The van der Waals surface area contributed by atoms with Crippen LogP contribution in [0.5, 0.6) is 0 Å². The van der Waals surface area contributed by atoms with Gasteiger partial charge in [-0.25, -0.2) is 4.39 Å². The summed E-state index contributed by atoms with van der Waals surface area (Å²) >= 11 is 7.01. The predicted octanol–water partition coefficient (Wildman–Crippen LogP) is 5.19. The van der Waals surface area contributed by atoms with Crippen molar-refractivity contribution in [2.45, 2.75) is 26.7 Å². The minimum Gasteiger partial charge on any atom is -0.207 e. The molecule has 0 spiro atoms. The SMILES string of the molecule is CC(C)CC(CBr)Cc1cc(F)ccc1Br. The highest BCUT2D eigenvalue weighted by atomic mass is 79.9. The normalized spacial score (nSPS) is 13.1. The van der Waals surface area contributed by atoms with Gasteiger partial charge in [-0.05, 0) is 48.4 Å². The minimum absolute atomic E-state index is 0.156. The van der Waals surface area contributed by atoms with Gasteiger partial charge in [0.15, 0.2) is 0 Å². The second kappa shape index (κ2) is 6.75. The predicted molar refractivity (Wildman–Crippen MR) is 74.5 cm³/mol. The first kappa shape index (κ1) is 14.2. The molecule has 3 heteroatoms. The third-order valence-electron chi connectivity index (χ3n) is 2.54. The van der Waals surface area contributed by atoms with E-state index in [-0.39, 0.29) is 5.82 Å². The summed E-state index contributed by atoms with van der Waals surface area (Å²) in [5.74, 6) is 1.09. The maximum absolute atomic E-state index is 13.1. The molecule has 0 aliphatic heterocycles. The van der Waals surface area contributed by atoms with E-state index >= 15 is 0 Å². The van der Waals surface area contributed by atoms with Crippen LogP contribution in [0.25, 0.3) is 0 Å². The average Bonchev–Trinajstić information content (AvgIpc) is 2.21. The Balaban J connectivity index is 2.73. The zero-order chi connectivity index (χ0) is 12.1. The molecule has 1 unspecified atom stereocenters. The number of hydrogen-bond donors (Lipinski definition) is 0. The van der Waals surface area contributed by atoms with Gasteiger partial charge in [0.2, 0.25) is 0 Å². The van der Waals surface area contributed by atoms with Crippen molar-refractivity contribution in [3.8, 4) is 0 Å². The van der Waals surface area contributed by atoms with E-state index in [0.717, 1.165) is 28.2 Å². The maximum atomic E-state index is 13.1. The van der Waals surface area contributed by atoms with Gasteiger partial charge in [-0.3, -0.25) is 0 Å². The summed E-state index contributed by atoms with van der Waals surface area (Å²) in [5.41, 5.74) is 1.06. The first-order valence-corrected chi connectivity index (χ1v) is 7.44. The van der Waals surface area contributed by atoms with Gasteiger partial charge in [0, 0.05) is 9.80 Å². The largest absolute Gasteiger partial charge is 0.207 e. The Kier molecular flexibility index (Phi) is 5.98. The van der Waals surface area contributed by atoms with E-state index < -0.39 is 0 Å². The second-order valence-electron chi connectivity index (χ2n) is 4.59. The lowest BCUT2D eigenvalue weighted by Gasteiger charge is -2.17. The van der Waals surface area contributed by atoms with Crippen molar-refractivity contribution < 1.29 is 4.39 Å². The third kappa shape index (κ3) is 4.54. The molecular weight excluding hydrogens is 335 g/mol. The van der Waals surface area contributed by atoms with E-state index in [0.29, 0.717) is 11.8 Å². The zero-order valence-electron chi connectivity index (χ0n) is 9.64. The smallest absolute Gasteiger partial charge is 0.123 e. The van der Waals surface area contributed by atoms with E-state index in [1.807, 2.05) is 0 Å². The van der Waals surface area contributed by atoms with Gasteiger partial charge in [-0.1, -0.05) is 45.7 Å². The van der Waals surface area contributed by atoms with Crippen molar-refractivity contribution in [2.24, 2.45) is 11.8 Å². The molecule has 0 N–H and O–H groups in total. The first-order chi connectivity index (χ1) is 7.52. The van der Waals surface area contributed by atoms with Crippen LogP contribution in [0, 0.1) is 17.7 Å². The summed E-state index contributed by atoms with van der Waals surface area (Å²) in [6.07, 6.45) is 2.08. The molecule has 1 aromatic carbocycles. The van der Waals surface area contributed by atoms with Gasteiger partial charge < -0.3 is 0 Å². The Morgan fingerprint density at radius 3 is 2.56 bits per heavy atom. The van der Waals surface area contributed by atoms with E-state index in [4.69, 9.17) is 0 Å². The molecule has 0 amide bonds. The molecule has 0 saturated carbocycles. The summed E-state index contributed by atoms with van der Waals surface area (Å²) in [6, 6.07) is 4.89. The van der Waals surface area contributed by atoms with E-state index in [9.17, 15) is 4.39 Å².